The Hall–Kier alpha value is -0.180. The first-order valence-corrected chi connectivity index (χ1v) is 6.99. The highest BCUT2D eigenvalue weighted by Crippen LogP contribution is 2.17. The molecule has 0 bridgehead atoms. The van der Waals surface area contributed by atoms with Gasteiger partial charge in [0.15, 0.2) is 0 Å². The van der Waals surface area contributed by atoms with Gasteiger partial charge >= 0.3 is 0 Å². The molecule has 1 aromatic rings. The van der Waals surface area contributed by atoms with Gasteiger partial charge in [0.05, 0.1) is 0 Å². The smallest absolute Gasteiger partial charge is 0.0409 e. The number of halogens is 1. The van der Waals surface area contributed by atoms with Crippen LogP contribution in [0, 0.1) is 0 Å². The first kappa shape index (κ1) is 12.9. The van der Waals surface area contributed by atoms with Crippen LogP contribution in [0.15, 0.2) is 24.3 Å². The van der Waals surface area contributed by atoms with Gasteiger partial charge in [-0.2, -0.15) is 11.8 Å². The van der Waals surface area contributed by atoms with E-state index in [0.29, 0.717) is 6.04 Å². The van der Waals surface area contributed by atoms with Gasteiger partial charge in [-0.15, -0.1) is 0 Å². The van der Waals surface area contributed by atoms with Crippen molar-refractivity contribution in [1.82, 2.24) is 5.32 Å². The molecule has 0 aliphatic carbocycles. The van der Waals surface area contributed by atoms with Gasteiger partial charge in [-0.3, -0.25) is 0 Å². The van der Waals surface area contributed by atoms with Crippen molar-refractivity contribution in [2.75, 3.05) is 18.6 Å². The van der Waals surface area contributed by atoms with Crippen molar-refractivity contribution in [2.24, 2.45) is 0 Å². The summed E-state index contributed by atoms with van der Waals surface area (Å²) in [5.41, 5.74) is 1.26. The summed E-state index contributed by atoms with van der Waals surface area (Å²) in [5, 5.41) is 4.30. The molecule has 0 saturated carbocycles. The van der Waals surface area contributed by atoms with E-state index in [-0.39, 0.29) is 0 Å². The van der Waals surface area contributed by atoms with Crippen LogP contribution in [0.5, 0.6) is 0 Å². The molecule has 0 aliphatic heterocycles. The lowest BCUT2D eigenvalue weighted by Crippen LogP contribution is -2.20. The summed E-state index contributed by atoms with van der Waals surface area (Å²) in [6.07, 6.45) is 3.35. The van der Waals surface area contributed by atoms with E-state index < -0.39 is 0 Å². The topological polar surface area (TPSA) is 12.0 Å². The minimum Gasteiger partial charge on any atom is -0.310 e. The number of rotatable bonds is 6. The zero-order chi connectivity index (χ0) is 11.1. The fourth-order valence-corrected chi connectivity index (χ4v) is 2.06. The summed E-state index contributed by atoms with van der Waals surface area (Å²) >= 11 is 7.83. The van der Waals surface area contributed by atoms with Crippen molar-refractivity contribution in [2.45, 2.75) is 19.4 Å². The highest BCUT2D eigenvalue weighted by molar-refractivity contribution is 7.98. The fourth-order valence-electron chi connectivity index (χ4n) is 1.43. The zero-order valence-corrected chi connectivity index (χ0v) is 10.9. The van der Waals surface area contributed by atoms with E-state index in [9.17, 15) is 0 Å². The maximum atomic E-state index is 5.94. The van der Waals surface area contributed by atoms with Crippen molar-refractivity contribution in [3.63, 3.8) is 0 Å². The van der Waals surface area contributed by atoms with Gasteiger partial charge in [0.2, 0.25) is 0 Å². The Morgan fingerprint density at radius 3 is 2.93 bits per heavy atom. The minimum atomic E-state index is 0.380. The van der Waals surface area contributed by atoms with Gasteiger partial charge in [0, 0.05) is 11.1 Å². The first-order valence-electron chi connectivity index (χ1n) is 5.22. The summed E-state index contributed by atoms with van der Waals surface area (Å²) in [6, 6.07) is 8.42. The van der Waals surface area contributed by atoms with Crippen LogP contribution in [-0.2, 0) is 0 Å². The van der Waals surface area contributed by atoms with Crippen LogP contribution in [-0.4, -0.2) is 18.6 Å². The number of hydrogen-bond donors (Lipinski definition) is 1. The molecule has 15 heavy (non-hydrogen) atoms. The lowest BCUT2D eigenvalue weighted by Gasteiger charge is -2.14. The molecule has 0 spiro atoms. The third-order valence-electron chi connectivity index (χ3n) is 2.32. The van der Waals surface area contributed by atoms with Gasteiger partial charge in [-0.1, -0.05) is 23.7 Å². The van der Waals surface area contributed by atoms with Gasteiger partial charge in [-0.05, 0) is 49.6 Å². The van der Waals surface area contributed by atoms with Crippen molar-refractivity contribution < 1.29 is 0 Å². The number of thioether (sulfide) groups is 1. The van der Waals surface area contributed by atoms with E-state index in [1.165, 1.54) is 17.7 Å². The lowest BCUT2D eigenvalue weighted by atomic mass is 10.1. The van der Waals surface area contributed by atoms with Gasteiger partial charge in [0.1, 0.15) is 0 Å². The monoisotopic (exact) mass is 243 g/mol. The quantitative estimate of drug-likeness (QED) is 0.764. The lowest BCUT2D eigenvalue weighted by molar-refractivity contribution is 0.572. The molecule has 0 heterocycles. The molecule has 1 rings (SSSR count). The second-order valence-corrected chi connectivity index (χ2v) is 5.00. The molecular weight excluding hydrogens is 226 g/mol. The molecule has 1 aromatic carbocycles. The highest BCUT2D eigenvalue weighted by Gasteiger charge is 2.03. The summed E-state index contributed by atoms with van der Waals surface area (Å²) in [4.78, 5) is 0. The summed E-state index contributed by atoms with van der Waals surface area (Å²) in [7, 11) is 0. The van der Waals surface area contributed by atoms with Crippen LogP contribution in [0.2, 0.25) is 5.02 Å². The molecule has 84 valence electrons. The highest BCUT2D eigenvalue weighted by atomic mass is 35.5. The van der Waals surface area contributed by atoms with E-state index in [2.05, 4.69) is 24.6 Å². The maximum absolute atomic E-state index is 5.94. The summed E-state index contributed by atoms with van der Waals surface area (Å²) < 4.78 is 0. The molecule has 0 aromatic heterocycles. The molecule has 3 heteroatoms. The van der Waals surface area contributed by atoms with Crippen LogP contribution in [0.1, 0.15) is 24.9 Å². The average Bonchev–Trinajstić information content (AvgIpc) is 2.24. The Balaban J connectivity index is 2.36. The van der Waals surface area contributed by atoms with Crippen LogP contribution in [0.25, 0.3) is 0 Å². The Morgan fingerprint density at radius 1 is 1.47 bits per heavy atom. The Morgan fingerprint density at radius 2 is 2.27 bits per heavy atom. The number of hydrogen-bond acceptors (Lipinski definition) is 2. The normalized spacial score (nSPS) is 12.7. The number of nitrogens with one attached hydrogen (secondary N) is 1. The Kier molecular flexibility index (Phi) is 6.15. The van der Waals surface area contributed by atoms with Crippen molar-refractivity contribution >= 4 is 23.4 Å². The standard InChI is InChI=1S/C12H18ClNS/c1-10(14-7-4-8-15-2)11-5-3-6-12(13)9-11/h3,5-6,9-10,14H,4,7-8H2,1-2H3/t10-/m0/s1. The molecule has 0 amide bonds. The van der Waals surface area contributed by atoms with Gasteiger partial charge < -0.3 is 5.32 Å². The summed E-state index contributed by atoms with van der Waals surface area (Å²) in [5.74, 6) is 1.22. The van der Waals surface area contributed by atoms with Crippen LogP contribution < -0.4 is 5.32 Å². The molecule has 1 atom stereocenters. The molecule has 0 fully saturated rings. The third-order valence-corrected chi connectivity index (χ3v) is 3.26. The van der Waals surface area contributed by atoms with E-state index in [1.54, 1.807) is 0 Å². The second-order valence-electron chi connectivity index (χ2n) is 3.58. The van der Waals surface area contributed by atoms with E-state index in [1.807, 2.05) is 30.0 Å². The van der Waals surface area contributed by atoms with Crippen molar-refractivity contribution in [3.05, 3.63) is 34.9 Å². The Bertz CT molecular complexity index is 291. The van der Waals surface area contributed by atoms with Crippen molar-refractivity contribution in [3.8, 4) is 0 Å². The molecular formula is C12H18ClNS. The average molecular weight is 244 g/mol. The SMILES string of the molecule is CSCCCN[C@@H](C)c1cccc(Cl)c1. The van der Waals surface area contributed by atoms with Crippen molar-refractivity contribution in [1.29, 1.82) is 0 Å². The molecule has 1 nitrogen and oxygen atoms in total. The molecule has 1 N–H and O–H groups in total. The second kappa shape index (κ2) is 7.15. The summed E-state index contributed by atoms with van der Waals surface area (Å²) in [6.45, 7) is 3.24. The van der Waals surface area contributed by atoms with Gasteiger partial charge in [0.25, 0.3) is 0 Å². The Labute approximate surface area is 102 Å². The molecule has 0 saturated heterocycles. The fraction of sp³-hybridized carbons (Fsp3) is 0.500. The number of benzene rings is 1. The predicted octanol–water partition coefficient (Wildman–Crippen LogP) is 3.74. The molecule has 0 aliphatic rings. The van der Waals surface area contributed by atoms with E-state index >= 15 is 0 Å². The van der Waals surface area contributed by atoms with Crippen LogP contribution in [0.4, 0.5) is 0 Å². The third kappa shape index (κ3) is 4.92. The van der Waals surface area contributed by atoms with Gasteiger partial charge in [-0.25, -0.2) is 0 Å². The maximum Gasteiger partial charge on any atom is 0.0409 e. The van der Waals surface area contributed by atoms with Crippen LogP contribution in [0.3, 0.4) is 0 Å². The largest absolute Gasteiger partial charge is 0.310 e. The first-order chi connectivity index (χ1) is 7.24. The zero-order valence-electron chi connectivity index (χ0n) is 9.29. The molecule has 0 unspecified atom stereocenters. The molecule has 0 radical (unpaired) electrons. The van der Waals surface area contributed by atoms with Crippen LogP contribution >= 0.6 is 23.4 Å². The predicted molar refractivity (Wildman–Crippen MR) is 70.9 cm³/mol. The minimum absolute atomic E-state index is 0.380. The van der Waals surface area contributed by atoms with E-state index in [0.717, 1.165) is 11.6 Å². The van der Waals surface area contributed by atoms with E-state index in [4.69, 9.17) is 11.6 Å².